The van der Waals surface area contributed by atoms with Crippen LogP contribution in [0.2, 0.25) is 0 Å². The van der Waals surface area contributed by atoms with Crippen LogP contribution < -0.4 is 21.6 Å². The lowest BCUT2D eigenvalue weighted by Gasteiger charge is -2.42. The van der Waals surface area contributed by atoms with Crippen molar-refractivity contribution >= 4 is 46.0 Å². The molecule has 1 aliphatic rings. The molecule has 54 heavy (non-hydrogen) atoms. The number of nitrogens with one attached hydrogen (secondary N) is 1. The molecular formula is C40H43N2O10SSi. The number of hydrogen-bond acceptors (Lipinski definition) is 10. The molecule has 1 radical (unpaired) electrons. The molecule has 5 aromatic rings. The summed E-state index contributed by atoms with van der Waals surface area (Å²) < 4.78 is 59.4. The summed E-state index contributed by atoms with van der Waals surface area (Å²) in [5, 5.41) is 1.40. The molecule has 4 atom stereocenters. The van der Waals surface area contributed by atoms with Crippen LogP contribution in [-0.4, -0.2) is 75.6 Å². The Hall–Kier alpha value is -4.70. The largest absolute Gasteiger partial charge is 0.455 e. The van der Waals surface area contributed by atoms with E-state index in [1.807, 2.05) is 124 Å². The van der Waals surface area contributed by atoms with Crippen LogP contribution in [0.25, 0.3) is 10.8 Å². The minimum atomic E-state index is -4.11. The summed E-state index contributed by atoms with van der Waals surface area (Å²) in [5.74, 6) is -0.719. The van der Waals surface area contributed by atoms with Crippen molar-refractivity contribution in [2.24, 2.45) is 0 Å². The molecule has 4 aromatic carbocycles. The van der Waals surface area contributed by atoms with Crippen molar-refractivity contribution in [3.63, 3.8) is 0 Å². The normalized spacial score (nSPS) is 21.7. The number of H-pyrrole nitrogens is 1. The second kappa shape index (κ2) is 15.6. The molecule has 6 rings (SSSR count). The highest BCUT2D eigenvalue weighted by atomic mass is 32.2. The van der Waals surface area contributed by atoms with E-state index in [0.717, 1.165) is 33.0 Å². The molecule has 1 fully saturated rings. The van der Waals surface area contributed by atoms with Crippen molar-refractivity contribution in [1.82, 2.24) is 9.55 Å². The van der Waals surface area contributed by atoms with Gasteiger partial charge < -0.3 is 18.9 Å². The van der Waals surface area contributed by atoms with E-state index in [1.165, 1.54) is 23.8 Å². The first-order valence-corrected chi connectivity index (χ1v) is 20.7. The Morgan fingerprint density at radius 3 is 2.06 bits per heavy atom. The van der Waals surface area contributed by atoms with E-state index in [2.05, 4.69) is 4.98 Å². The highest BCUT2D eigenvalue weighted by molar-refractivity contribution is 7.86. The summed E-state index contributed by atoms with van der Waals surface area (Å²) in [7, 11) is -6.65. The smallest absolute Gasteiger partial charge is 0.330 e. The van der Waals surface area contributed by atoms with E-state index in [1.54, 1.807) is 0 Å². The van der Waals surface area contributed by atoms with Gasteiger partial charge in [0.15, 0.2) is 20.2 Å². The van der Waals surface area contributed by atoms with Crippen LogP contribution in [0, 0.1) is 0 Å². The number of esters is 1. The average Bonchev–Trinajstić information content (AvgIpc) is 3.38. The summed E-state index contributed by atoms with van der Waals surface area (Å²) in [5.41, 5.74) is -3.35. The summed E-state index contributed by atoms with van der Waals surface area (Å²) in [6.45, 7) is 5.71. The predicted octanol–water partition coefficient (Wildman–Crippen LogP) is 3.27. The predicted molar refractivity (Wildman–Crippen MR) is 206 cm³/mol. The summed E-state index contributed by atoms with van der Waals surface area (Å²) >= 11 is 0. The molecule has 0 bridgehead atoms. The van der Waals surface area contributed by atoms with Gasteiger partial charge in [-0.25, -0.2) is 4.79 Å². The van der Waals surface area contributed by atoms with Gasteiger partial charge in [-0.3, -0.25) is 23.3 Å². The van der Waals surface area contributed by atoms with Gasteiger partial charge in [0.1, 0.15) is 18.3 Å². The maximum Gasteiger partial charge on any atom is 0.330 e. The van der Waals surface area contributed by atoms with E-state index in [9.17, 15) is 22.8 Å². The van der Waals surface area contributed by atoms with E-state index in [4.69, 9.17) is 23.1 Å². The lowest BCUT2D eigenvalue weighted by Crippen LogP contribution is -2.69. The van der Waals surface area contributed by atoms with Gasteiger partial charge in [0.2, 0.25) is 0 Å². The van der Waals surface area contributed by atoms with Gasteiger partial charge >= 0.3 is 11.7 Å². The first-order valence-electron chi connectivity index (χ1n) is 17.4. The van der Waals surface area contributed by atoms with Gasteiger partial charge in [-0.05, 0) is 37.1 Å². The molecular weight excluding hydrogens is 729 g/mol. The topological polar surface area (TPSA) is 152 Å². The minimum Gasteiger partial charge on any atom is -0.455 e. The Bertz CT molecular complexity index is 2280. The molecule has 283 valence electrons. The van der Waals surface area contributed by atoms with E-state index >= 15 is 0 Å². The maximum atomic E-state index is 14.2. The van der Waals surface area contributed by atoms with Gasteiger partial charge in [-0.1, -0.05) is 114 Å². The van der Waals surface area contributed by atoms with Crippen molar-refractivity contribution in [1.29, 1.82) is 0 Å². The monoisotopic (exact) mass is 771 g/mol. The van der Waals surface area contributed by atoms with Crippen LogP contribution in [0.4, 0.5) is 0 Å². The van der Waals surface area contributed by atoms with Crippen LogP contribution in [0.5, 0.6) is 0 Å². The Labute approximate surface area is 315 Å². The van der Waals surface area contributed by atoms with Crippen LogP contribution in [0.1, 0.15) is 33.3 Å². The maximum absolute atomic E-state index is 14.2. The van der Waals surface area contributed by atoms with Crippen LogP contribution >= 0.6 is 0 Å². The van der Waals surface area contributed by atoms with Crippen molar-refractivity contribution in [3.05, 3.63) is 142 Å². The number of nitrogens with zero attached hydrogens (tertiary/aromatic N) is 1. The van der Waals surface area contributed by atoms with Crippen LogP contribution in [0.15, 0.2) is 125 Å². The minimum absolute atomic E-state index is 0.0430. The van der Waals surface area contributed by atoms with Crippen molar-refractivity contribution in [2.75, 3.05) is 19.5 Å². The van der Waals surface area contributed by atoms with Gasteiger partial charge in [0.05, 0.1) is 25.1 Å². The van der Waals surface area contributed by atoms with Gasteiger partial charge in [-0.15, -0.1) is 0 Å². The quantitative estimate of drug-likeness (QED) is 0.107. The van der Waals surface area contributed by atoms with Gasteiger partial charge in [0, 0.05) is 19.2 Å². The van der Waals surface area contributed by atoms with Crippen LogP contribution in [0.3, 0.4) is 0 Å². The summed E-state index contributed by atoms with van der Waals surface area (Å²) in [6, 6.07) is 33.4. The number of aromatic amines is 1. The number of carbonyl (C=O) groups is 1. The van der Waals surface area contributed by atoms with E-state index < -0.39 is 71.5 Å². The Kier molecular flexibility index (Phi) is 11.2. The number of hydrogen-bond donors (Lipinski definition) is 1. The van der Waals surface area contributed by atoms with Gasteiger partial charge in [0.25, 0.3) is 15.7 Å². The van der Waals surface area contributed by atoms with Crippen molar-refractivity contribution in [2.45, 2.75) is 63.1 Å². The molecule has 1 saturated heterocycles. The van der Waals surface area contributed by atoms with E-state index in [0.29, 0.717) is 0 Å². The second-order valence-electron chi connectivity index (χ2n) is 14.2. The Balaban J connectivity index is 1.69. The molecule has 1 aromatic heterocycles. The Morgan fingerprint density at radius 1 is 0.852 bits per heavy atom. The lowest BCUT2D eigenvalue weighted by atomic mass is 9.95. The first kappa shape index (κ1) is 39.0. The molecule has 0 amide bonds. The highest BCUT2D eigenvalue weighted by Gasteiger charge is 2.71. The third kappa shape index (κ3) is 8.33. The summed E-state index contributed by atoms with van der Waals surface area (Å²) in [4.78, 5) is 42.5. The molecule has 1 aliphatic heterocycles. The fourth-order valence-electron chi connectivity index (χ4n) is 6.84. The van der Waals surface area contributed by atoms with E-state index in [-0.39, 0.29) is 13.2 Å². The van der Waals surface area contributed by atoms with Crippen molar-refractivity contribution in [3.8, 4) is 0 Å². The third-order valence-corrected chi connectivity index (χ3v) is 12.8. The summed E-state index contributed by atoms with van der Waals surface area (Å²) in [6.07, 6.45) is -0.558. The molecule has 14 heteroatoms. The molecule has 0 unspecified atom stereocenters. The fraction of sp³-hybridized carbons (Fsp3) is 0.325. The zero-order valence-electron chi connectivity index (χ0n) is 30.7. The number of ether oxygens (including phenoxy) is 4. The number of carbonyl (C=O) groups excluding carboxylic acids is 1. The second-order valence-corrected chi connectivity index (χ2v) is 18.5. The molecule has 2 heterocycles. The molecule has 0 spiro atoms. The number of rotatable bonds is 13. The molecule has 12 nitrogen and oxygen atoms in total. The number of benzene rings is 4. The molecule has 0 saturated carbocycles. The molecule has 0 aliphatic carbocycles. The van der Waals surface area contributed by atoms with Crippen LogP contribution in [-0.2, 0) is 50.0 Å². The molecule has 1 N–H and O–H groups in total. The zero-order valence-corrected chi connectivity index (χ0v) is 32.5. The number of fused-ring (bicyclic) bond motifs is 1. The average molecular weight is 772 g/mol. The first-order chi connectivity index (χ1) is 25.6. The third-order valence-electron chi connectivity index (χ3n) is 9.06. The Morgan fingerprint density at radius 2 is 1.46 bits per heavy atom. The SMILES string of the molecule is CC(=O)O[C@@H]1[C@H](OCc2cccc3ccccc23)[C@](COC(C)(C)C)(COS(C)(=O)=O)O[C@]1(n1ccc(=O)[nH]c1=O)[Si](c1ccccc1)c1ccccc1. The van der Waals surface area contributed by atoms with Gasteiger partial charge in [-0.2, -0.15) is 8.42 Å². The zero-order chi connectivity index (χ0) is 38.7. The van der Waals surface area contributed by atoms with Crippen molar-refractivity contribution < 1.29 is 36.3 Å². The standard InChI is InChI=1S/C40H43N2O10SSi/c1-28(43)51-36-35(48-25-30-17-14-16-29-15-12-13-22-33(29)30)39(26-49-38(2,3)4,27-50-53(5,46)47)52-40(36,42-24-23-34(44)41-37(42)45)54(31-18-8-6-9-19-31)32-20-10-7-11-21-32/h6-24,35-36H,25-27H2,1-5H3,(H,41,44,45)/t35-,36+,39-,40-/m0/s1. The number of aromatic nitrogens is 2. The lowest BCUT2D eigenvalue weighted by molar-refractivity contribution is -0.197. The highest BCUT2D eigenvalue weighted by Crippen LogP contribution is 2.47. The fourth-order valence-corrected chi connectivity index (χ4v) is 10.7.